The smallest absolute Gasteiger partial charge is 0.411 e. The number of imidazole rings is 2. The molecule has 5 heterocycles. The molecular formula is C42H42N6O4S. The molecule has 3 saturated heterocycles. The lowest BCUT2D eigenvalue weighted by Crippen LogP contribution is -2.42. The van der Waals surface area contributed by atoms with E-state index >= 15 is 0 Å². The van der Waals surface area contributed by atoms with Crippen LogP contribution in [-0.4, -0.2) is 66.0 Å². The molecule has 11 heteroatoms. The van der Waals surface area contributed by atoms with Gasteiger partial charge in [0.25, 0.3) is 0 Å². The highest BCUT2D eigenvalue weighted by Crippen LogP contribution is 2.66. The van der Waals surface area contributed by atoms with E-state index in [1.807, 2.05) is 62.2 Å². The number of thioether (sulfide) groups is 1. The molecule has 2 amide bonds. The van der Waals surface area contributed by atoms with E-state index in [2.05, 4.69) is 64.6 Å². The topological polar surface area (TPSA) is 116 Å². The summed E-state index contributed by atoms with van der Waals surface area (Å²) in [7, 11) is 0. The van der Waals surface area contributed by atoms with Crippen molar-refractivity contribution in [3.63, 3.8) is 0 Å². The normalized spacial score (nSPS) is 21.2. The minimum Gasteiger partial charge on any atom is -0.445 e. The van der Waals surface area contributed by atoms with Gasteiger partial charge >= 0.3 is 12.2 Å². The van der Waals surface area contributed by atoms with Gasteiger partial charge in [0.15, 0.2) is 0 Å². The SMILES string of the molecule is CC(C)(C)OC(=O)N1CCCC1c1ncc(-c2ccc3cc(-c4ccc5nc([C@@]67CCCN(C(=O)OCc8ccccc8)C6S7)[nH]c5c4)ccc3c2)[nH]1. The van der Waals surface area contributed by atoms with Crippen molar-refractivity contribution in [3.05, 3.63) is 108 Å². The molecule has 0 spiro atoms. The van der Waals surface area contributed by atoms with Crippen LogP contribution < -0.4 is 0 Å². The van der Waals surface area contributed by atoms with Crippen LogP contribution in [0.2, 0.25) is 0 Å². The third kappa shape index (κ3) is 6.41. The number of likely N-dealkylation sites (tertiary alicyclic amines) is 2. The molecule has 3 aliphatic rings. The van der Waals surface area contributed by atoms with E-state index < -0.39 is 5.60 Å². The van der Waals surface area contributed by atoms with Crippen molar-refractivity contribution >= 4 is 45.8 Å². The predicted molar refractivity (Wildman–Crippen MR) is 207 cm³/mol. The van der Waals surface area contributed by atoms with Gasteiger partial charge in [-0.1, -0.05) is 60.7 Å². The number of fused-ring (bicyclic) bond motifs is 3. The van der Waals surface area contributed by atoms with Crippen LogP contribution in [0.1, 0.15) is 69.7 Å². The number of carbonyl (C=O) groups excluding carboxylic acids is 2. The average Bonchev–Trinajstić information content (AvgIpc) is 3.53. The third-order valence-corrected chi connectivity index (χ3v) is 12.2. The van der Waals surface area contributed by atoms with E-state index in [1.165, 1.54) is 0 Å². The van der Waals surface area contributed by atoms with Gasteiger partial charge in [-0.15, -0.1) is 11.8 Å². The zero-order valence-corrected chi connectivity index (χ0v) is 30.9. The molecule has 2 N–H and O–H groups in total. The highest BCUT2D eigenvalue weighted by Gasteiger charge is 2.64. The Labute approximate surface area is 312 Å². The van der Waals surface area contributed by atoms with Gasteiger partial charge in [-0.05, 0) is 98.2 Å². The second-order valence-electron chi connectivity index (χ2n) is 15.3. The molecule has 53 heavy (non-hydrogen) atoms. The van der Waals surface area contributed by atoms with Crippen molar-refractivity contribution < 1.29 is 19.1 Å². The number of ether oxygens (including phenoxy) is 2. The predicted octanol–water partition coefficient (Wildman–Crippen LogP) is 9.55. The fourth-order valence-electron chi connectivity index (χ4n) is 7.80. The minimum atomic E-state index is -0.543. The molecule has 10 nitrogen and oxygen atoms in total. The Morgan fingerprint density at radius 2 is 1.60 bits per heavy atom. The second-order valence-corrected chi connectivity index (χ2v) is 16.7. The summed E-state index contributed by atoms with van der Waals surface area (Å²) in [5.74, 6) is 1.72. The first-order valence-corrected chi connectivity index (χ1v) is 19.3. The Kier molecular flexibility index (Phi) is 8.21. The van der Waals surface area contributed by atoms with Crippen LogP contribution in [0.25, 0.3) is 44.2 Å². The van der Waals surface area contributed by atoms with Crippen molar-refractivity contribution in [2.45, 2.75) is 74.8 Å². The number of rotatable bonds is 6. The summed E-state index contributed by atoms with van der Waals surface area (Å²) in [5.41, 5.74) is 6.53. The number of nitrogens with one attached hydrogen (secondary N) is 2. The van der Waals surface area contributed by atoms with Gasteiger partial charge in [0.2, 0.25) is 0 Å². The monoisotopic (exact) mass is 726 g/mol. The summed E-state index contributed by atoms with van der Waals surface area (Å²) in [6, 6.07) is 29.0. The fourth-order valence-corrected chi connectivity index (χ4v) is 9.27. The van der Waals surface area contributed by atoms with Gasteiger partial charge in [0.05, 0.1) is 29.0 Å². The quantitative estimate of drug-likeness (QED) is 0.164. The maximum atomic E-state index is 13.1. The van der Waals surface area contributed by atoms with Gasteiger partial charge in [0, 0.05) is 18.7 Å². The van der Waals surface area contributed by atoms with Crippen molar-refractivity contribution in [1.82, 2.24) is 29.7 Å². The van der Waals surface area contributed by atoms with Gasteiger partial charge < -0.3 is 19.4 Å². The Bertz CT molecular complexity index is 2350. The van der Waals surface area contributed by atoms with Crippen LogP contribution in [0.3, 0.4) is 0 Å². The number of amides is 2. The lowest BCUT2D eigenvalue weighted by atomic mass is 9.97. The number of piperidine rings is 1. The van der Waals surface area contributed by atoms with Crippen molar-refractivity contribution in [2.75, 3.05) is 13.1 Å². The molecule has 0 bridgehead atoms. The Morgan fingerprint density at radius 1 is 0.868 bits per heavy atom. The highest BCUT2D eigenvalue weighted by atomic mass is 32.2. The molecule has 0 aliphatic carbocycles. The van der Waals surface area contributed by atoms with Crippen molar-refractivity contribution in [2.24, 2.45) is 0 Å². The number of nitrogens with zero attached hydrogens (tertiary/aromatic N) is 4. The fraction of sp³-hybridized carbons (Fsp3) is 0.333. The number of aromatic amines is 2. The molecule has 2 aromatic heterocycles. The first kappa shape index (κ1) is 33.5. The van der Waals surface area contributed by atoms with Gasteiger partial charge in [-0.3, -0.25) is 9.80 Å². The highest BCUT2D eigenvalue weighted by molar-refractivity contribution is 8.08. The van der Waals surface area contributed by atoms with Crippen molar-refractivity contribution in [1.29, 1.82) is 0 Å². The molecule has 0 radical (unpaired) electrons. The van der Waals surface area contributed by atoms with Crippen LogP contribution in [-0.2, 0) is 20.8 Å². The average molecular weight is 727 g/mol. The number of H-pyrrole nitrogens is 2. The van der Waals surface area contributed by atoms with Crippen LogP contribution in [0.4, 0.5) is 9.59 Å². The number of benzene rings is 4. The summed E-state index contributed by atoms with van der Waals surface area (Å²) in [5, 5.41) is 2.29. The van der Waals surface area contributed by atoms with Crippen LogP contribution in [0.5, 0.6) is 0 Å². The molecule has 0 saturated carbocycles. The molecule has 3 fully saturated rings. The first-order chi connectivity index (χ1) is 25.6. The van der Waals surface area contributed by atoms with E-state index in [0.717, 1.165) is 87.1 Å². The van der Waals surface area contributed by atoms with Gasteiger partial charge in [0.1, 0.15) is 34.0 Å². The molecular weight excluding hydrogens is 685 g/mol. The molecule has 2 unspecified atom stereocenters. The van der Waals surface area contributed by atoms with Crippen LogP contribution >= 0.6 is 11.8 Å². The molecule has 3 atom stereocenters. The van der Waals surface area contributed by atoms with E-state index in [-0.39, 0.29) is 35.0 Å². The Hall–Kier alpha value is -5.29. The number of carbonyl (C=O) groups is 2. The van der Waals surface area contributed by atoms with Crippen molar-refractivity contribution in [3.8, 4) is 22.4 Å². The minimum absolute atomic E-state index is 0.0212. The largest absolute Gasteiger partial charge is 0.445 e. The molecule has 9 rings (SSSR count). The van der Waals surface area contributed by atoms with Gasteiger partial charge in [-0.2, -0.15) is 0 Å². The maximum absolute atomic E-state index is 13.1. The number of aromatic nitrogens is 4. The second kappa shape index (κ2) is 13.0. The number of hydrogen-bond donors (Lipinski definition) is 2. The van der Waals surface area contributed by atoms with Crippen LogP contribution in [0.15, 0.2) is 91.1 Å². The zero-order valence-electron chi connectivity index (χ0n) is 30.1. The summed E-state index contributed by atoms with van der Waals surface area (Å²) < 4.78 is 11.1. The maximum Gasteiger partial charge on any atom is 0.411 e. The Morgan fingerprint density at radius 3 is 2.42 bits per heavy atom. The summed E-state index contributed by atoms with van der Waals surface area (Å²) in [6.45, 7) is 7.29. The molecule has 6 aromatic rings. The van der Waals surface area contributed by atoms with E-state index in [0.29, 0.717) is 13.1 Å². The van der Waals surface area contributed by atoms with E-state index in [9.17, 15) is 9.59 Å². The number of hydrogen-bond acceptors (Lipinski definition) is 7. The summed E-state index contributed by atoms with van der Waals surface area (Å²) >= 11 is 1.79. The van der Waals surface area contributed by atoms with Gasteiger partial charge in [-0.25, -0.2) is 19.6 Å². The standard InChI is InChI=1S/C42H42N6O4S/c1-41(2,3)52-40(50)47-19-7-11-35(47)36-43-24-34(44-36)31-15-14-27-21-28(12-13-29(27)22-31)30-16-17-32-33(23-30)46-37(45-32)42-18-8-20-48(38(42)53-42)39(49)51-25-26-9-5-4-6-10-26/h4-6,9-10,12-17,21-24,35,38H,7-8,11,18-20,25H2,1-3H3,(H,43,44)(H,45,46)/t35?,38?,42-/m0/s1. The summed E-state index contributed by atoms with van der Waals surface area (Å²) in [4.78, 5) is 46.5. The third-order valence-electron chi connectivity index (χ3n) is 10.5. The van der Waals surface area contributed by atoms with E-state index in [1.54, 1.807) is 16.7 Å². The van der Waals surface area contributed by atoms with E-state index in [4.69, 9.17) is 19.4 Å². The molecule has 270 valence electrons. The lowest BCUT2D eigenvalue weighted by Gasteiger charge is -2.28. The Balaban J connectivity index is 0.901. The van der Waals surface area contributed by atoms with Crippen LogP contribution in [0, 0.1) is 0 Å². The first-order valence-electron chi connectivity index (χ1n) is 18.4. The molecule has 4 aromatic carbocycles. The summed E-state index contributed by atoms with van der Waals surface area (Å²) in [6.07, 6.45) is 4.93. The lowest BCUT2D eigenvalue weighted by molar-refractivity contribution is 0.0218. The molecule has 3 aliphatic heterocycles. The zero-order chi connectivity index (χ0) is 36.3.